The quantitative estimate of drug-likeness (QED) is 0.180. The predicted molar refractivity (Wildman–Crippen MR) is 118 cm³/mol. The Hall–Kier alpha value is -3.48. The molecule has 2 heterocycles. The average molecular weight is 481 g/mol. The number of aromatic amines is 1. The maximum absolute atomic E-state index is 13.1. The predicted octanol–water partition coefficient (Wildman–Crippen LogP) is -1.24. The number of rotatable bonds is 13. The van der Waals surface area contributed by atoms with Gasteiger partial charge in [-0.3, -0.25) is 19.2 Å². The Morgan fingerprint density at radius 3 is 2.35 bits per heavy atom. The van der Waals surface area contributed by atoms with Gasteiger partial charge in [0, 0.05) is 18.3 Å². The van der Waals surface area contributed by atoms with Crippen LogP contribution < -0.4 is 21.3 Å². The van der Waals surface area contributed by atoms with Crippen molar-refractivity contribution >= 4 is 29.7 Å². The molecule has 0 bridgehead atoms. The summed E-state index contributed by atoms with van der Waals surface area (Å²) >= 11 is 0. The first-order chi connectivity index (χ1) is 16.1. The SMILES string of the molecule is CCC(C)C(NC(=O)C(CC(=O)O)NC(=O)C(Cc1cnc[nH]1)NC(=O)C1CCCN1)C(=O)O. The molecule has 0 aromatic carbocycles. The fourth-order valence-electron chi connectivity index (χ4n) is 3.60. The molecule has 1 aliphatic heterocycles. The summed E-state index contributed by atoms with van der Waals surface area (Å²) in [4.78, 5) is 68.0. The molecule has 0 saturated carbocycles. The molecule has 5 unspecified atom stereocenters. The monoisotopic (exact) mass is 480 g/mol. The maximum atomic E-state index is 13.1. The van der Waals surface area contributed by atoms with Gasteiger partial charge in [0.25, 0.3) is 0 Å². The molecule has 1 aromatic rings. The second-order valence-electron chi connectivity index (χ2n) is 8.36. The lowest BCUT2D eigenvalue weighted by atomic mass is 9.98. The zero-order valence-electron chi connectivity index (χ0n) is 19.2. The first-order valence-corrected chi connectivity index (χ1v) is 11.2. The fourth-order valence-corrected chi connectivity index (χ4v) is 3.60. The van der Waals surface area contributed by atoms with Crippen molar-refractivity contribution in [3.63, 3.8) is 0 Å². The second-order valence-corrected chi connectivity index (χ2v) is 8.36. The van der Waals surface area contributed by atoms with Crippen LogP contribution in [0, 0.1) is 5.92 Å². The van der Waals surface area contributed by atoms with Crippen molar-refractivity contribution in [1.82, 2.24) is 31.2 Å². The number of carbonyl (C=O) groups is 5. The zero-order chi connectivity index (χ0) is 25.3. The molecule has 1 saturated heterocycles. The van der Waals surface area contributed by atoms with E-state index >= 15 is 0 Å². The van der Waals surface area contributed by atoms with Crippen molar-refractivity contribution in [2.24, 2.45) is 5.92 Å². The molecule has 34 heavy (non-hydrogen) atoms. The number of carboxylic acid groups (broad SMARTS) is 2. The molecule has 7 N–H and O–H groups in total. The summed E-state index contributed by atoms with van der Waals surface area (Å²) in [5.41, 5.74) is 0.543. The Morgan fingerprint density at radius 2 is 1.82 bits per heavy atom. The van der Waals surface area contributed by atoms with Crippen molar-refractivity contribution in [1.29, 1.82) is 0 Å². The summed E-state index contributed by atoms with van der Waals surface area (Å²) in [6, 6.07) is -4.37. The van der Waals surface area contributed by atoms with Crippen LogP contribution in [0.25, 0.3) is 0 Å². The van der Waals surface area contributed by atoms with Gasteiger partial charge < -0.3 is 36.5 Å². The fraction of sp³-hybridized carbons (Fsp3) is 0.619. The van der Waals surface area contributed by atoms with Gasteiger partial charge in [0.2, 0.25) is 17.7 Å². The number of aromatic nitrogens is 2. The number of hydrogen-bond donors (Lipinski definition) is 7. The summed E-state index contributed by atoms with van der Waals surface area (Å²) in [5.74, 6) is -5.16. The number of imidazole rings is 1. The van der Waals surface area contributed by atoms with Crippen LogP contribution in [-0.4, -0.2) is 80.6 Å². The smallest absolute Gasteiger partial charge is 0.326 e. The van der Waals surface area contributed by atoms with E-state index < -0.39 is 60.3 Å². The number of carboxylic acids is 2. The minimum absolute atomic E-state index is 0.0241. The Labute approximate surface area is 196 Å². The van der Waals surface area contributed by atoms with Gasteiger partial charge in [0.15, 0.2) is 0 Å². The highest BCUT2D eigenvalue weighted by molar-refractivity contribution is 5.95. The molecule has 13 nitrogen and oxygen atoms in total. The van der Waals surface area contributed by atoms with E-state index in [4.69, 9.17) is 0 Å². The number of hydrogen-bond acceptors (Lipinski definition) is 7. The van der Waals surface area contributed by atoms with Crippen molar-refractivity contribution in [3.05, 3.63) is 18.2 Å². The van der Waals surface area contributed by atoms with Gasteiger partial charge in [-0.05, 0) is 25.3 Å². The van der Waals surface area contributed by atoms with Gasteiger partial charge in [-0.15, -0.1) is 0 Å². The minimum atomic E-state index is -1.54. The number of nitrogens with one attached hydrogen (secondary N) is 5. The van der Waals surface area contributed by atoms with E-state index in [1.165, 1.54) is 12.5 Å². The molecular weight excluding hydrogens is 448 g/mol. The molecule has 0 radical (unpaired) electrons. The van der Waals surface area contributed by atoms with Crippen LogP contribution in [0.1, 0.15) is 45.2 Å². The van der Waals surface area contributed by atoms with Crippen LogP contribution in [0.4, 0.5) is 0 Å². The largest absolute Gasteiger partial charge is 0.481 e. The van der Waals surface area contributed by atoms with E-state index in [0.717, 1.165) is 6.42 Å². The van der Waals surface area contributed by atoms with E-state index in [1.54, 1.807) is 13.8 Å². The zero-order valence-corrected chi connectivity index (χ0v) is 19.2. The molecule has 1 aliphatic rings. The van der Waals surface area contributed by atoms with Crippen LogP contribution in [0.2, 0.25) is 0 Å². The third-order valence-electron chi connectivity index (χ3n) is 5.78. The topological polar surface area (TPSA) is 203 Å². The van der Waals surface area contributed by atoms with Crippen molar-refractivity contribution in [2.45, 2.75) is 70.1 Å². The Balaban J connectivity index is 2.16. The average Bonchev–Trinajstić information content (AvgIpc) is 3.49. The van der Waals surface area contributed by atoms with Crippen LogP contribution in [0.3, 0.4) is 0 Å². The third-order valence-corrected chi connectivity index (χ3v) is 5.78. The van der Waals surface area contributed by atoms with Crippen LogP contribution in [0.15, 0.2) is 12.5 Å². The molecule has 1 fully saturated rings. The molecule has 0 spiro atoms. The van der Waals surface area contributed by atoms with Gasteiger partial charge in [-0.1, -0.05) is 20.3 Å². The highest BCUT2D eigenvalue weighted by Crippen LogP contribution is 2.10. The summed E-state index contributed by atoms with van der Waals surface area (Å²) in [7, 11) is 0. The Kier molecular flexibility index (Phi) is 9.98. The summed E-state index contributed by atoms with van der Waals surface area (Å²) in [6.07, 6.45) is 4.03. The van der Waals surface area contributed by atoms with Crippen LogP contribution in [0.5, 0.6) is 0 Å². The Bertz CT molecular complexity index is 869. The van der Waals surface area contributed by atoms with E-state index in [0.29, 0.717) is 25.1 Å². The molecule has 5 atom stereocenters. The van der Waals surface area contributed by atoms with Crippen molar-refractivity contribution in [2.75, 3.05) is 6.54 Å². The van der Waals surface area contributed by atoms with Gasteiger partial charge in [0.05, 0.1) is 18.8 Å². The van der Waals surface area contributed by atoms with Crippen LogP contribution in [-0.2, 0) is 30.4 Å². The molecule has 3 amide bonds. The molecule has 188 valence electrons. The second kappa shape index (κ2) is 12.7. The highest BCUT2D eigenvalue weighted by Gasteiger charge is 2.33. The minimum Gasteiger partial charge on any atom is -0.481 e. The summed E-state index contributed by atoms with van der Waals surface area (Å²) < 4.78 is 0. The lowest BCUT2D eigenvalue weighted by molar-refractivity contribution is -0.144. The van der Waals surface area contributed by atoms with Gasteiger partial charge >= 0.3 is 11.9 Å². The van der Waals surface area contributed by atoms with Crippen molar-refractivity contribution < 1.29 is 34.2 Å². The molecular formula is C21H32N6O7. The van der Waals surface area contributed by atoms with Crippen molar-refractivity contribution in [3.8, 4) is 0 Å². The lowest BCUT2D eigenvalue weighted by Crippen LogP contribution is -2.58. The molecule has 0 aliphatic carbocycles. The molecule has 13 heteroatoms. The molecule has 2 rings (SSSR count). The maximum Gasteiger partial charge on any atom is 0.326 e. The summed E-state index contributed by atoms with van der Waals surface area (Å²) in [6.45, 7) is 4.07. The highest BCUT2D eigenvalue weighted by atomic mass is 16.4. The van der Waals surface area contributed by atoms with Gasteiger partial charge in [0.1, 0.15) is 18.1 Å². The van der Waals surface area contributed by atoms with Gasteiger partial charge in [-0.2, -0.15) is 0 Å². The Morgan fingerprint density at radius 1 is 1.12 bits per heavy atom. The van der Waals surface area contributed by atoms with E-state index in [-0.39, 0.29) is 12.3 Å². The first kappa shape index (κ1) is 26.8. The summed E-state index contributed by atoms with van der Waals surface area (Å²) in [5, 5.41) is 29.0. The normalized spacial score (nSPS) is 18.8. The number of nitrogens with zero attached hydrogens (tertiary/aromatic N) is 1. The van der Waals surface area contributed by atoms with Crippen LogP contribution >= 0.6 is 0 Å². The number of amides is 3. The number of aliphatic carboxylic acids is 2. The number of carbonyl (C=O) groups excluding carboxylic acids is 3. The number of H-pyrrole nitrogens is 1. The van der Waals surface area contributed by atoms with Gasteiger partial charge in [-0.25, -0.2) is 9.78 Å². The third kappa shape index (κ3) is 7.83. The van der Waals surface area contributed by atoms with E-state index in [1.807, 2.05) is 0 Å². The first-order valence-electron chi connectivity index (χ1n) is 11.2. The molecule has 1 aromatic heterocycles. The standard InChI is InChI=1S/C21H32N6O7/c1-3-11(2)17(21(33)34)27-20(32)15(8-16(28)29)26-19(31)14(7-12-9-22-10-24-12)25-18(30)13-5-4-6-23-13/h9-11,13-15,17,23H,3-8H2,1-2H3,(H,22,24)(H,25,30)(H,26,31)(H,27,32)(H,28,29)(H,33,34). The van der Waals surface area contributed by atoms with E-state index in [2.05, 4.69) is 31.2 Å². The lowest BCUT2D eigenvalue weighted by Gasteiger charge is -2.26. The van der Waals surface area contributed by atoms with E-state index in [9.17, 15) is 34.2 Å².